The van der Waals surface area contributed by atoms with Crippen molar-refractivity contribution in [3.63, 3.8) is 0 Å². The van der Waals surface area contributed by atoms with Crippen LogP contribution in [-0.4, -0.2) is 37.8 Å². The number of likely N-dealkylation sites (tertiary alicyclic amines) is 1. The summed E-state index contributed by atoms with van der Waals surface area (Å²) in [4.78, 5) is 2.23. The van der Waals surface area contributed by atoms with Crippen LogP contribution in [0.25, 0.3) is 11.1 Å². The molecule has 5 rings (SSSR count). The van der Waals surface area contributed by atoms with Crippen LogP contribution in [0.4, 0.5) is 4.39 Å². The van der Waals surface area contributed by atoms with E-state index < -0.39 is 0 Å². The maximum absolute atomic E-state index is 12.6. The molecule has 3 aromatic carbocycles. The van der Waals surface area contributed by atoms with Crippen molar-refractivity contribution in [2.24, 2.45) is 5.92 Å². The van der Waals surface area contributed by atoms with Crippen molar-refractivity contribution < 1.29 is 13.9 Å². The van der Waals surface area contributed by atoms with Crippen molar-refractivity contribution in [3.05, 3.63) is 95.1 Å². The molecule has 1 atom stereocenters. The predicted molar refractivity (Wildman–Crippen MR) is 136 cm³/mol. The van der Waals surface area contributed by atoms with Crippen molar-refractivity contribution in [2.45, 2.75) is 26.4 Å². The highest BCUT2D eigenvalue weighted by Crippen LogP contribution is 2.47. The summed E-state index contributed by atoms with van der Waals surface area (Å²) in [5.74, 6) is 1.98. The van der Waals surface area contributed by atoms with Crippen LogP contribution in [0, 0.1) is 5.92 Å². The van der Waals surface area contributed by atoms with Crippen LogP contribution in [0.1, 0.15) is 42.2 Å². The van der Waals surface area contributed by atoms with E-state index in [0.717, 1.165) is 48.7 Å². The SMILES string of the molecule is CCc1ccccc1C1=C(C)c2ccccc2OC1c1ccc(OCCN2CC(CF)C2)cc1. The van der Waals surface area contributed by atoms with Gasteiger partial charge in [0.2, 0.25) is 0 Å². The van der Waals surface area contributed by atoms with E-state index in [9.17, 15) is 4.39 Å². The Bertz CT molecular complexity index is 1160. The summed E-state index contributed by atoms with van der Waals surface area (Å²) in [6.07, 6.45) is 0.785. The number of para-hydroxylation sites is 1. The first kappa shape index (κ1) is 22.7. The third-order valence-electron chi connectivity index (χ3n) is 7.00. The fraction of sp³-hybridized carbons (Fsp3) is 0.333. The van der Waals surface area contributed by atoms with Crippen LogP contribution in [0.2, 0.25) is 0 Å². The molecule has 3 aromatic rings. The summed E-state index contributed by atoms with van der Waals surface area (Å²) in [5.41, 5.74) is 7.32. The van der Waals surface area contributed by atoms with Crippen molar-refractivity contribution in [2.75, 3.05) is 32.9 Å². The number of fused-ring (bicyclic) bond motifs is 1. The summed E-state index contributed by atoms with van der Waals surface area (Å²) in [6, 6.07) is 25.2. The number of ether oxygens (including phenoxy) is 2. The summed E-state index contributed by atoms with van der Waals surface area (Å²) < 4.78 is 25.2. The van der Waals surface area contributed by atoms with E-state index in [2.05, 4.69) is 73.3 Å². The lowest BCUT2D eigenvalue weighted by Crippen LogP contribution is -2.49. The van der Waals surface area contributed by atoms with Gasteiger partial charge in [-0.3, -0.25) is 9.29 Å². The van der Waals surface area contributed by atoms with Gasteiger partial charge in [0.15, 0.2) is 0 Å². The van der Waals surface area contributed by atoms with Gasteiger partial charge in [-0.05, 0) is 53.8 Å². The van der Waals surface area contributed by atoms with Crippen molar-refractivity contribution in [1.82, 2.24) is 4.90 Å². The van der Waals surface area contributed by atoms with Gasteiger partial charge >= 0.3 is 0 Å². The molecule has 3 nitrogen and oxygen atoms in total. The number of hydrogen-bond acceptors (Lipinski definition) is 3. The Morgan fingerprint density at radius 2 is 1.65 bits per heavy atom. The summed E-state index contributed by atoms with van der Waals surface area (Å²) in [7, 11) is 0. The van der Waals surface area contributed by atoms with Crippen molar-refractivity contribution in [3.8, 4) is 11.5 Å². The van der Waals surface area contributed by atoms with E-state index in [0.29, 0.717) is 6.61 Å². The van der Waals surface area contributed by atoms with Crippen molar-refractivity contribution in [1.29, 1.82) is 0 Å². The zero-order chi connectivity index (χ0) is 23.5. The second-order valence-electron chi connectivity index (χ2n) is 9.24. The smallest absolute Gasteiger partial charge is 0.150 e. The van der Waals surface area contributed by atoms with Gasteiger partial charge in [-0.1, -0.05) is 61.5 Å². The number of alkyl halides is 1. The van der Waals surface area contributed by atoms with Gasteiger partial charge in [-0.15, -0.1) is 0 Å². The molecule has 0 bridgehead atoms. The normalized spacial score (nSPS) is 18.3. The van der Waals surface area contributed by atoms with E-state index in [4.69, 9.17) is 9.47 Å². The number of benzene rings is 3. The number of aryl methyl sites for hydroxylation is 1. The number of halogens is 1. The second-order valence-corrected chi connectivity index (χ2v) is 9.24. The van der Waals surface area contributed by atoms with Crippen LogP contribution in [0.3, 0.4) is 0 Å². The van der Waals surface area contributed by atoms with Gasteiger partial charge in [-0.25, -0.2) is 0 Å². The molecule has 1 saturated heterocycles. The Labute approximate surface area is 201 Å². The van der Waals surface area contributed by atoms with E-state index >= 15 is 0 Å². The molecule has 0 radical (unpaired) electrons. The van der Waals surface area contributed by atoms with E-state index in [-0.39, 0.29) is 18.7 Å². The highest BCUT2D eigenvalue weighted by molar-refractivity contribution is 5.96. The molecule has 34 heavy (non-hydrogen) atoms. The molecule has 2 heterocycles. The first-order valence-electron chi connectivity index (χ1n) is 12.2. The minimum absolute atomic E-state index is 0.185. The largest absolute Gasteiger partial charge is 0.492 e. The number of rotatable bonds is 8. The average molecular weight is 458 g/mol. The lowest BCUT2D eigenvalue weighted by Gasteiger charge is -2.37. The average Bonchev–Trinajstić information content (AvgIpc) is 2.86. The van der Waals surface area contributed by atoms with Crippen LogP contribution in [0.15, 0.2) is 72.8 Å². The molecule has 0 saturated carbocycles. The van der Waals surface area contributed by atoms with Gasteiger partial charge in [0, 0.05) is 36.7 Å². The van der Waals surface area contributed by atoms with Gasteiger partial charge in [0.05, 0.1) is 6.67 Å². The quantitative estimate of drug-likeness (QED) is 0.381. The molecule has 0 aromatic heterocycles. The molecular formula is C30H32FNO2. The Kier molecular flexibility index (Phi) is 6.68. The van der Waals surface area contributed by atoms with Gasteiger partial charge in [-0.2, -0.15) is 0 Å². The fourth-order valence-corrected chi connectivity index (χ4v) is 5.06. The molecule has 0 N–H and O–H groups in total. The maximum atomic E-state index is 12.6. The topological polar surface area (TPSA) is 21.7 Å². The fourth-order valence-electron chi connectivity index (χ4n) is 5.06. The zero-order valence-electron chi connectivity index (χ0n) is 20.0. The molecular weight excluding hydrogens is 425 g/mol. The number of allylic oxidation sites excluding steroid dienone is 1. The van der Waals surface area contributed by atoms with Crippen LogP contribution in [-0.2, 0) is 6.42 Å². The lowest BCUT2D eigenvalue weighted by atomic mass is 9.84. The van der Waals surface area contributed by atoms with Crippen molar-refractivity contribution >= 4 is 11.1 Å². The maximum Gasteiger partial charge on any atom is 0.150 e. The number of hydrogen-bond donors (Lipinski definition) is 0. The Morgan fingerprint density at radius 1 is 0.941 bits per heavy atom. The number of nitrogens with zero attached hydrogens (tertiary/aromatic N) is 1. The molecule has 0 amide bonds. The standard InChI is InChI=1S/C30H32FNO2/c1-3-23-8-4-5-10-27(23)29-21(2)26-9-6-7-11-28(26)34-30(29)24-12-14-25(15-13-24)33-17-16-32-19-22(18-31)20-32/h4-15,22,30H,3,16-20H2,1-2H3. The van der Waals surface area contributed by atoms with Gasteiger partial charge in [0.1, 0.15) is 24.2 Å². The molecule has 0 spiro atoms. The monoisotopic (exact) mass is 457 g/mol. The Balaban J connectivity index is 1.39. The molecule has 0 aliphatic carbocycles. The van der Waals surface area contributed by atoms with Crippen LogP contribution in [0.5, 0.6) is 11.5 Å². The molecule has 2 aliphatic heterocycles. The molecule has 1 unspecified atom stereocenters. The second kappa shape index (κ2) is 10.0. The Morgan fingerprint density at radius 3 is 2.38 bits per heavy atom. The van der Waals surface area contributed by atoms with E-state index in [1.165, 1.54) is 22.3 Å². The third kappa shape index (κ3) is 4.47. The minimum atomic E-state index is -0.217. The molecule has 2 aliphatic rings. The summed E-state index contributed by atoms with van der Waals surface area (Å²) >= 11 is 0. The summed E-state index contributed by atoms with van der Waals surface area (Å²) in [5, 5.41) is 0. The van der Waals surface area contributed by atoms with Gasteiger partial charge < -0.3 is 9.47 Å². The first-order chi connectivity index (χ1) is 16.7. The highest BCUT2D eigenvalue weighted by Gasteiger charge is 2.30. The van der Waals surface area contributed by atoms with E-state index in [1.807, 2.05) is 18.2 Å². The zero-order valence-corrected chi connectivity index (χ0v) is 20.0. The van der Waals surface area contributed by atoms with E-state index in [1.54, 1.807) is 0 Å². The third-order valence-corrected chi connectivity index (χ3v) is 7.00. The first-order valence-corrected chi connectivity index (χ1v) is 12.2. The summed E-state index contributed by atoms with van der Waals surface area (Å²) in [6.45, 7) is 7.31. The van der Waals surface area contributed by atoms with Crippen LogP contribution < -0.4 is 9.47 Å². The lowest BCUT2D eigenvalue weighted by molar-refractivity contribution is 0.0668. The molecule has 4 heteroatoms. The minimum Gasteiger partial charge on any atom is -0.492 e. The Hall–Kier alpha value is -3.11. The van der Waals surface area contributed by atoms with Crippen LogP contribution >= 0.6 is 0 Å². The highest BCUT2D eigenvalue weighted by atomic mass is 19.1. The van der Waals surface area contributed by atoms with Gasteiger partial charge in [0.25, 0.3) is 0 Å². The predicted octanol–water partition coefficient (Wildman–Crippen LogP) is 6.59. The molecule has 1 fully saturated rings. The molecule has 176 valence electrons.